The predicted molar refractivity (Wildman–Crippen MR) is 123 cm³/mol. The van der Waals surface area contributed by atoms with E-state index >= 15 is 0 Å². The van der Waals surface area contributed by atoms with Gasteiger partial charge in [0, 0.05) is 12.6 Å². The van der Waals surface area contributed by atoms with E-state index in [0.29, 0.717) is 30.5 Å². The SMILES string of the molecule is Cc1nsc(Nc2cnc(C(F)(F)F)cn2)c1C(=O)Nc1ccc(OCCCNCCC(F)(F)F)nc1. The van der Waals surface area contributed by atoms with Gasteiger partial charge in [0.2, 0.25) is 5.88 Å². The lowest BCUT2D eigenvalue weighted by Crippen LogP contribution is -2.23. The average molecular weight is 550 g/mol. The van der Waals surface area contributed by atoms with Crippen molar-refractivity contribution in [1.82, 2.24) is 24.6 Å². The molecule has 0 aromatic carbocycles. The summed E-state index contributed by atoms with van der Waals surface area (Å²) in [5.41, 5.74) is -0.238. The highest BCUT2D eigenvalue weighted by Crippen LogP contribution is 2.30. The van der Waals surface area contributed by atoms with E-state index in [4.69, 9.17) is 4.74 Å². The largest absolute Gasteiger partial charge is 0.478 e. The van der Waals surface area contributed by atoms with Crippen LogP contribution in [0, 0.1) is 6.92 Å². The summed E-state index contributed by atoms with van der Waals surface area (Å²) in [4.78, 5) is 23.9. The molecule has 0 spiro atoms. The maximum atomic E-state index is 12.8. The van der Waals surface area contributed by atoms with E-state index in [1.54, 1.807) is 13.0 Å². The van der Waals surface area contributed by atoms with Gasteiger partial charge in [-0.1, -0.05) is 0 Å². The highest BCUT2D eigenvalue weighted by Gasteiger charge is 2.33. The Morgan fingerprint density at radius 2 is 1.81 bits per heavy atom. The molecule has 16 heteroatoms. The molecule has 0 saturated heterocycles. The fourth-order valence-electron chi connectivity index (χ4n) is 2.84. The normalized spacial score (nSPS) is 11.9. The maximum absolute atomic E-state index is 12.8. The summed E-state index contributed by atoms with van der Waals surface area (Å²) in [5, 5.41) is 8.35. The molecule has 0 fully saturated rings. The number of hydrogen-bond donors (Lipinski definition) is 3. The van der Waals surface area contributed by atoms with Crippen molar-refractivity contribution in [1.29, 1.82) is 0 Å². The number of nitrogens with zero attached hydrogens (tertiary/aromatic N) is 4. The number of carbonyl (C=O) groups is 1. The lowest BCUT2D eigenvalue weighted by atomic mass is 10.2. The first-order chi connectivity index (χ1) is 17.4. The number of pyridine rings is 1. The second-order valence-corrected chi connectivity index (χ2v) is 8.31. The molecule has 3 rings (SSSR count). The zero-order valence-corrected chi connectivity index (χ0v) is 20.0. The van der Waals surface area contributed by atoms with Gasteiger partial charge in [0.1, 0.15) is 10.8 Å². The Morgan fingerprint density at radius 1 is 1.03 bits per heavy atom. The Balaban J connectivity index is 1.51. The zero-order chi connectivity index (χ0) is 27.1. The zero-order valence-electron chi connectivity index (χ0n) is 19.2. The molecule has 0 aliphatic rings. The van der Waals surface area contributed by atoms with Gasteiger partial charge in [-0.15, -0.1) is 0 Å². The van der Waals surface area contributed by atoms with E-state index in [0.717, 1.165) is 17.7 Å². The van der Waals surface area contributed by atoms with Crippen molar-refractivity contribution in [3.05, 3.63) is 47.7 Å². The van der Waals surface area contributed by atoms with Crippen molar-refractivity contribution in [2.45, 2.75) is 32.1 Å². The summed E-state index contributed by atoms with van der Waals surface area (Å²) < 4.78 is 83.8. The molecule has 1 amide bonds. The first-order valence-corrected chi connectivity index (χ1v) is 11.5. The molecule has 3 N–H and O–H groups in total. The van der Waals surface area contributed by atoms with E-state index in [1.807, 2.05) is 0 Å². The van der Waals surface area contributed by atoms with Crippen molar-refractivity contribution < 1.29 is 35.9 Å². The number of aromatic nitrogens is 4. The third-order valence-corrected chi connectivity index (χ3v) is 5.45. The number of rotatable bonds is 11. The topological polar surface area (TPSA) is 114 Å². The minimum absolute atomic E-state index is 0.00409. The lowest BCUT2D eigenvalue weighted by molar-refractivity contribution is -0.141. The number of nitrogens with one attached hydrogen (secondary N) is 3. The monoisotopic (exact) mass is 549 g/mol. The Bertz CT molecular complexity index is 1170. The Morgan fingerprint density at radius 3 is 2.43 bits per heavy atom. The fraction of sp³-hybridized carbons (Fsp3) is 0.381. The molecule has 3 heterocycles. The van der Waals surface area contributed by atoms with Crippen LogP contribution in [-0.4, -0.2) is 51.1 Å². The number of anilines is 3. The molecule has 3 aromatic heterocycles. The van der Waals surface area contributed by atoms with Gasteiger partial charge in [-0.05, 0) is 37.5 Å². The summed E-state index contributed by atoms with van der Waals surface area (Å²) in [6, 6.07) is 3.06. The van der Waals surface area contributed by atoms with Crippen molar-refractivity contribution in [3.63, 3.8) is 0 Å². The third kappa shape index (κ3) is 8.82. The molecule has 3 aromatic rings. The van der Waals surface area contributed by atoms with Crippen molar-refractivity contribution in [2.75, 3.05) is 30.3 Å². The number of carbonyl (C=O) groups excluding carboxylic acids is 1. The van der Waals surface area contributed by atoms with Crippen LogP contribution in [0.4, 0.5) is 42.8 Å². The van der Waals surface area contributed by atoms with E-state index in [-0.39, 0.29) is 35.4 Å². The first-order valence-electron chi connectivity index (χ1n) is 10.7. The van der Waals surface area contributed by atoms with Crippen LogP contribution in [0.1, 0.15) is 34.6 Å². The smallest absolute Gasteiger partial charge is 0.434 e. The van der Waals surface area contributed by atoms with Gasteiger partial charge in [-0.3, -0.25) is 4.79 Å². The molecule has 0 radical (unpaired) electrons. The van der Waals surface area contributed by atoms with Crippen LogP contribution in [0.2, 0.25) is 0 Å². The molecule has 37 heavy (non-hydrogen) atoms. The maximum Gasteiger partial charge on any atom is 0.434 e. The highest BCUT2D eigenvalue weighted by atomic mass is 32.1. The number of hydrogen-bond acceptors (Lipinski definition) is 9. The van der Waals surface area contributed by atoms with Crippen molar-refractivity contribution in [2.24, 2.45) is 0 Å². The van der Waals surface area contributed by atoms with Gasteiger partial charge in [0.15, 0.2) is 5.69 Å². The molecule has 0 aliphatic carbocycles. The minimum Gasteiger partial charge on any atom is -0.478 e. The molecule has 0 saturated carbocycles. The average Bonchev–Trinajstić information content (AvgIpc) is 3.18. The Kier molecular flexibility index (Phi) is 9.20. The molecule has 9 nitrogen and oxygen atoms in total. The highest BCUT2D eigenvalue weighted by molar-refractivity contribution is 7.10. The van der Waals surface area contributed by atoms with Crippen molar-refractivity contribution in [3.8, 4) is 5.88 Å². The number of amides is 1. The van der Waals surface area contributed by atoms with Gasteiger partial charge in [0.25, 0.3) is 5.91 Å². The van der Waals surface area contributed by atoms with Crippen LogP contribution >= 0.6 is 11.5 Å². The predicted octanol–water partition coefficient (Wildman–Crippen LogP) is 4.96. The summed E-state index contributed by atoms with van der Waals surface area (Å²) >= 11 is 0.931. The van der Waals surface area contributed by atoms with E-state index in [9.17, 15) is 31.1 Å². The fourth-order valence-corrected chi connectivity index (χ4v) is 3.64. The van der Waals surface area contributed by atoms with Crippen LogP contribution in [0.15, 0.2) is 30.7 Å². The second-order valence-electron chi connectivity index (χ2n) is 7.54. The quantitative estimate of drug-likeness (QED) is 0.227. The molecule has 0 aliphatic heterocycles. The summed E-state index contributed by atoms with van der Waals surface area (Å²) in [7, 11) is 0. The van der Waals surface area contributed by atoms with Gasteiger partial charge < -0.3 is 20.7 Å². The Hall–Kier alpha value is -3.53. The molecule has 0 atom stereocenters. The minimum atomic E-state index is -4.62. The molecular formula is C21H21F6N7O2S. The third-order valence-electron chi connectivity index (χ3n) is 4.60. The van der Waals surface area contributed by atoms with Crippen LogP contribution in [0.25, 0.3) is 0 Å². The molecule has 200 valence electrons. The molecule has 0 unspecified atom stereocenters. The van der Waals surface area contributed by atoms with Crippen LogP contribution < -0.4 is 20.7 Å². The Labute approximate surface area is 210 Å². The lowest BCUT2D eigenvalue weighted by Gasteiger charge is -2.10. The summed E-state index contributed by atoms with van der Waals surface area (Å²) in [5.74, 6) is -0.261. The number of aryl methyl sites for hydroxylation is 1. The number of ether oxygens (including phenoxy) is 1. The van der Waals surface area contributed by atoms with E-state index in [1.165, 1.54) is 12.3 Å². The van der Waals surface area contributed by atoms with Gasteiger partial charge in [-0.25, -0.2) is 15.0 Å². The van der Waals surface area contributed by atoms with Crippen LogP contribution in [0.3, 0.4) is 0 Å². The van der Waals surface area contributed by atoms with Crippen molar-refractivity contribution >= 4 is 33.9 Å². The van der Waals surface area contributed by atoms with Gasteiger partial charge >= 0.3 is 12.4 Å². The summed E-state index contributed by atoms with van der Waals surface area (Å²) in [6.07, 6.45) is -6.40. The number of alkyl halides is 6. The van der Waals surface area contributed by atoms with Gasteiger partial charge in [-0.2, -0.15) is 30.7 Å². The van der Waals surface area contributed by atoms with E-state index < -0.39 is 30.4 Å². The molecular weight excluding hydrogens is 528 g/mol. The first kappa shape index (κ1) is 28.0. The standard InChI is InChI=1S/C21H21F6N7O2S/c1-12-17(19(37-34-12)33-15-11-29-14(10-30-15)21(25,26)27)18(35)32-13-3-4-16(31-9-13)36-8-2-6-28-7-5-20(22,23)24/h3-4,9-11,28H,2,5-8H2,1H3,(H,30,33)(H,32,35). The van der Waals surface area contributed by atoms with Crippen LogP contribution in [0.5, 0.6) is 5.88 Å². The van der Waals surface area contributed by atoms with Crippen LogP contribution in [-0.2, 0) is 6.18 Å². The second kappa shape index (κ2) is 12.1. The van der Waals surface area contributed by atoms with E-state index in [2.05, 4.69) is 35.3 Å². The van der Waals surface area contributed by atoms with Gasteiger partial charge in [0.05, 0.1) is 48.6 Å². The number of halogens is 6. The molecule has 0 bridgehead atoms. The summed E-state index contributed by atoms with van der Waals surface area (Å²) in [6.45, 7) is 2.03.